The summed E-state index contributed by atoms with van der Waals surface area (Å²) in [6.45, 7) is 8.40. The van der Waals surface area contributed by atoms with Gasteiger partial charge >= 0.3 is 0 Å². The summed E-state index contributed by atoms with van der Waals surface area (Å²) in [6, 6.07) is 2.04. The molecule has 1 aliphatic heterocycles. The molecular weight excluding hydrogens is 306 g/mol. The van der Waals surface area contributed by atoms with E-state index in [9.17, 15) is 4.79 Å². The van der Waals surface area contributed by atoms with E-state index in [1.54, 1.807) is 7.11 Å². The van der Waals surface area contributed by atoms with Gasteiger partial charge in [0.25, 0.3) is 0 Å². The average molecular weight is 331 g/mol. The topological polar surface area (TPSA) is 63.0 Å². The molecule has 3 heterocycles. The summed E-state index contributed by atoms with van der Waals surface area (Å²) in [5, 5.41) is 4.46. The number of rotatable bonds is 4. The highest BCUT2D eigenvalue weighted by molar-refractivity contribution is 5.77. The lowest BCUT2D eigenvalue weighted by molar-refractivity contribution is -0.135. The summed E-state index contributed by atoms with van der Waals surface area (Å²) in [7, 11) is 1.56. The number of amides is 1. The van der Waals surface area contributed by atoms with Crippen LogP contribution in [0.2, 0.25) is 0 Å². The maximum atomic E-state index is 12.0. The quantitative estimate of drug-likeness (QED) is 0.837. The van der Waals surface area contributed by atoms with Gasteiger partial charge in [-0.15, -0.1) is 0 Å². The number of aryl methyl sites for hydroxylation is 2. The highest BCUT2D eigenvalue weighted by atomic mass is 16.5. The van der Waals surface area contributed by atoms with Crippen molar-refractivity contribution in [3.05, 3.63) is 29.2 Å². The fraction of sp³-hybridized carbons (Fsp3) is 0.588. The molecule has 0 aliphatic carbocycles. The first-order chi connectivity index (χ1) is 11.6. The van der Waals surface area contributed by atoms with E-state index in [0.29, 0.717) is 0 Å². The Morgan fingerprint density at radius 3 is 2.88 bits per heavy atom. The number of methoxy groups -OCH3 is 1. The standard InChI is InChI=1S/C17H25N5O2/c1-13-9-14(2)22-17(19-13)15(10-18-22)11-20-5-4-6-21(8-7-20)16(23)12-24-3/h9-10H,4-8,11-12H2,1-3H3. The number of nitrogens with zero attached hydrogens (tertiary/aromatic N) is 5. The molecule has 0 aromatic carbocycles. The molecule has 0 spiro atoms. The number of fused-ring (bicyclic) bond motifs is 1. The summed E-state index contributed by atoms with van der Waals surface area (Å²) >= 11 is 0. The van der Waals surface area contributed by atoms with Crippen molar-refractivity contribution in [1.29, 1.82) is 0 Å². The van der Waals surface area contributed by atoms with E-state index in [1.165, 1.54) is 0 Å². The van der Waals surface area contributed by atoms with Gasteiger partial charge in [0.05, 0.1) is 6.20 Å². The van der Waals surface area contributed by atoms with Gasteiger partial charge in [-0.25, -0.2) is 9.50 Å². The third kappa shape index (κ3) is 3.57. The van der Waals surface area contributed by atoms with Crippen LogP contribution in [0.1, 0.15) is 23.4 Å². The first-order valence-corrected chi connectivity index (χ1v) is 8.38. The molecular formula is C17H25N5O2. The van der Waals surface area contributed by atoms with Crippen LogP contribution in [0.4, 0.5) is 0 Å². The number of hydrogen-bond donors (Lipinski definition) is 0. The number of carbonyl (C=O) groups excluding carboxylic acids is 1. The van der Waals surface area contributed by atoms with Crippen LogP contribution >= 0.6 is 0 Å². The molecule has 0 unspecified atom stereocenters. The first-order valence-electron chi connectivity index (χ1n) is 8.38. The van der Waals surface area contributed by atoms with Crippen LogP contribution in [-0.2, 0) is 16.1 Å². The van der Waals surface area contributed by atoms with E-state index in [1.807, 2.05) is 35.5 Å². The molecule has 7 heteroatoms. The maximum Gasteiger partial charge on any atom is 0.248 e. The highest BCUT2D eigenvalue weighted by Gasteiger charge is 2.20. The molecule has 1 saturated heterocycles. The lowest BCUT2D eigenvalue weighted by Gasteiger charge is -2.21. The summed E-state index contributed by atoms with van der Waals surface area (Å²) in [4.78, 5) is 20.9. The van der Waals surface area contributed by atoms with Gasteiger partial charge in [-0.05, 0) is 26.3 Å². The van der Waals surface area contributed by atoms with Crippen LogP contribution in [0.25, 0.3) is 5.65 Å². The van der Waals surface area contributed by atoms with Gasteiger partial charge in [0.2, 0.25) is 5.91 Å². The van der Waals surface area contributed by atoms with E-state index >= 15 is 0 Å². The SMILES string of the molecule is COCC(=O)N1CCCN(Cc2cnn3c(C)cc(C)nc23)CC1. The summed E-state index contributed by atoms with van der Waals surface area (Å²) in [5.41, 5.74) is 4.17. The maximum absolute atomic E-state index is 12.0. The van der Waals surface area contributed by atoms with Crippen LogP contribution in [0.5, 0.6) is 0 Å². The van der Waals surface area contributed by atoms with Gasteiger partial charge < -0.3 is 9.64 Å². The summed E-state index contributed by atoms with van der Waals surface area (Å²) < 4.78 is 6.85. The van der Waals surface area contributed by atoms with E-state index in [4.69, 9.17) is 4.74 Å². The van der Waals surface area contributed by atoms with Crippen molar-refractivity contribution in [3.8, 4) is 0 Å². The molecule has 130 valence electrons. The van der Waals surface area contributed by atoms with Gasteiger partial charge in [-0.3, -0.25) is 9.69 Å². The molecule has 3 rings (SSSR count). The summed E-state index contributed by atoms with van der Waals surface area (Å²) in [5.74, 6) is 0.0725. The number of hydrogen-bond acceptors (Lipinski definition) is 5. The Morgan fingerprint density at radius 2 is 2.08 bits per heavy atom. The zero-order valence-electron chi connectivity index (χ0n) is 14.7. The largest absolute Gasteiger partial charge is 0.375 e. The van der Waals surface area contributed by atoms with Crippen LogP contribution < -0.4 is 0 Å². The monoisotopic (exact) mass is 331 g/mol. The lowest BCUT2D eigenvalue weighted by atomic mass is 10.2. The van der Waals surface area contributed by atoms with Gasteiger partial charge in [0.15, 0.2) is 5.65 Å². The molecule has 24 heavy (non-hydrogen) atoms. The number of aromatic nitrogens is 3. The van der Waals surface area contributed by atoms with E-state index in [-0.39, 0.29) is 12.5 Å². The third-order valence-corrected chi connectivity index (χ3v) is 4.45. The second-order valence-corrected chi connectivity index (χ2v) is 6.39. The zero-order valence-corrected chi connectivity index (χ0v) is 14.7. The Kier molecular flexibility index (Phi) is 5.11. The molecule has 0 bridgehead atoms. The van der Waals surface area contributed by atoms with Gasteiger partial charge in [-0.1, -0.05) is 0 Å². The fourth-order valence-electron chi connectivity index (χ4n) is 3.26. The highest BCUT2D eigenvalue weighted by Crippen LogP contribution is 2.15. The minimum absolute atomic E-state index is 0.0725. The third-order valence-electron chi connectivity index (χ3n) is 4.45. The van der Waals surface area contributed by atoms with Gasteiger partial charge in [-0.2, -0.15) is 5.10 Å². The van der Waals surface area contributed by atoms with Gasteiger partial charge in [0.1, 0.15) is 6.61 Å². The van der Waals surface area contributed by atoms with E-state index in [0.717, 1.165) is 61.7 Å². The molecule has 2 aromatic rings. The normalized spacial score (nSPS) is 16.5. The van der Waals surface area contributed by atoms with Crippen molar-refractivity contribution < 1.29 is 9.53 Å². The first kappa shape index (κ1) is 16.9. The summed E-state index contributed by atoms with van der Waals surface area (Å²) in [6.07, 6.45) is 2.88. The van der Waals surface area contributed by atoms with Crippen molar-refractivity contribution in [1.82, 2.24) is 24.4 Å². The molecule has 1 aliphatic rings. The average Bonchev–Trinajstić information content (AvgIpc) is 2.78. The lowest BCUT2D eigenvalue weighted by Crippen LogP contribution is -2.37. The van der Waals surface area contributed by atoms with Crippen molar-refractivity contribution >= 4 is 11.6 Å². The predicted molar refractivity (Wildman–Crippen MR) is 90.8 cm³/mol. The zero-order chi connectivity index (χ0) is 17.1. The Balaban J connectivity index is 1.70. The number of carbonyl (C=O) groups is 1. The molecule has 2 aromatic heterocycles. The smallest absolute Gasteiger partial charge is 0.248 e. The molecule has 0 saturated carbocycles. The Hall–Kier alpha value is -1.99. The van der Waals surface area contributed by atoms with E-state index in [2.05, 4.69) is 15.0 Å². The van der Waals surface area contributed by atoms with Crippen LogP contribution in [-0.4, -0.2) is 70.2 Å². The van der Waals surface area contributed by atoms with Crippen LogP contribution in [0.15, 0.2) is 12.3 Å². The Bertz CT molecular complexity index is 727. The number of ether oxygens (including phenoxy) is 1. The second-order valence-electron chi connectivity index (χ2n) is 6.39. The molecule has 0 atom stereocenters. The fourth-order valence-corrected chi connectivity index (χ4v) is 3.26. The Morgan fingerprint density at radius 1 is 1.25 bits per heavy atom. The van der Waals surface area contributed by atoms with Crippen LogP contribution in [0, 0.1) is 13.8 Å². The van der Waals surface area contributed by atoms with Crippen molar-refractivity contribution in [2.75, 3.05) is 39.9 Å². The van der Waals surface area contributed by atoms with Crippen molar-refractivity contribution in [3.63, 3.8) is 0 Å². The predicted octanol–water partition coefficient (Wildman–Crippen LogP) is 1.03. The Labute approximate surface area is 142 Å². The van der Waals surface area contributed by atoms with Crippen molar-refractivity contribution in [2.24, 2.45) is 0 Å². The molecule has 0 radical (unpaired) electrons. The molecule has 0 N–H and O–H groups in total. The van der Waals surface area contributed by atoms with Crippen molar-refractivity contribution in [2.45, 2.75) is 26.8 Å². The molecule has 7 nitrogen and oxygen atoms in total. The molecule has 1 fully saturated rings. The minimum Gasteiger partial charge on any atom is -0.375 e. The van der Waals surface area contributed by atoms with E-state index < -0.39 is 0 Å². The minimum atomic E-state index is 0.0725. The van der Waals surface area contributed by atoms with Gasteiger partial charge in [0, 0.05) is 56.8 Å². The molecule has 1 amide bonds. The second kappa shape index (κ2) is 7.27. The van der Waals surface area contributed by atoms with Crippen LogP contribution in [0.3, 0.4) is 0 Å².